The van der Waals surface area contributed by atoms with E-state index in [0.29, 0.717) is 11.7 Å². The van der Waals surface area contributed by atoms with Gasteiger partial charge in [-0.15, -0.1) is 0 Å². The molecule has 0 aliphatic heterocycles. The molecule has 4 nitrogen and oxygen atoms in total. The summed E-state index contributed by atoms with van der Waals surface area (Å²) >= 11 is 0. The number of aryl methyl sites for hydroxylation is 1. The third-order valence-corrected chi connectivity index (χ3v) is 3.37. The molecule has 3 aromatic rings. The van der Waals surface area contributed by atoms with Crippen LogP contribution in [0, 0.1) is 6.92 Å². The highest BCUT2D eigenvalue weighted by atomic mass is 16.3. The summed E-state index contributed by atoms with van der Waals surface area (Å²) in [6.07, 6.45) is 1.87. The fourth-order valence-corrected chi connectivity index (χ4v) is 2.20. The summed E-state index contributed by atoms with van der Waals surface area (Å²) in [7, 11) is 0. The molecule has 0 radical (unpaired) electrons. The van der Waals surface area contributed by atoms with Gasteiger partial charge in [-0.3, -0.25) is 0 Å². The smallest absolute Gasteiger partial charge is 0.157 e. The van der Waals surface area contributed by atoms with Crippen molar-refractivity contribution in [3.05, 3.63) is 47.8 Å². The molecule has 3 rings (SSSR count). The lowest BCUT2D eigenvalue weighted by Gasteiger charge is -2.06. The first-order chi connectivity index (χ1) is 9.54. The zero-order valence-electron chi connectivity index (χ0n) is 11.8. The highest BCUT2D eigenvalue weighted by Gasteiger charge is 2.09. The van der Waals surface area contributed by atoms with Crippen molar-refractivity contribution >= 4 is 10.9 Å². The van der Waals surface area contributed by atoms with Crippen LogP contribution >= 0.6 is 0 Å². The van der Waals surface area contributed by atoms with Gasteiger partial charge in [-0.25, -0.2) is 9.67 Å². The lowest BCUT2D eigenvalue weighted by atomic mass is 10.1. The van der Waals surface area contributed by atoms with Gasteiger partial charge >= 0.3 is 0 Å². The molecule has 0 saturated heterocycles. The summed E-state index contributed by atoms with van der Waals surface area (Å²) in [5.74, 6) is 1.23. The van der Waals surface area contributed by atoms with Gasteiger partial charge in [-0.1, -0.05) is 19.9 Å². The summed E-state index contributed by atoms with van der Waals surface area (Å²) in [5.41, 5.74) is 2.90. The summed E-state index contributed by atoms with van der Waals surface area (Å²) < 4.78 is 1.71. The SMILES string of the molecule is Cc1ccc2c(O)cc(-n3ccc(C(C)C)n3)nc2c1. The molecular weight excluding hydrogens is 250 g/mol. The first kappa shape index (κ1) is 12.7. The topological polar surface area (TPSA) is 50.9 Å². The Morgan fingerprint density at radius 1 is 1.15 bits per heavy atom. The van der Waals surface area contributed by atoms with Crippen LogP contribution in [0.25, 0.3) is 16.7 Å². The molecule has 0 aliphatic carbocycles. The second-order valence-corrected chi connectivity index (χ2v) is 5.36. The number of hydrogen-bond acceptors (Lipinski definition) is 3. The van der Waals surface area contributed by atoms with Crippen molar-refractivity contribution in [3.63, 3.8) is 0 Å². The Labute approximate surface area is 117 Å². The van der Waals surface area contributed by atoms with Crippen molar-refractivity contribution in [1.82, 2.24) is 14.8 Å². The fourth-order valence-electron chi connectivity index (χ4n) is 2.20. The van der Waals surface area contributed by atoms with E-state index in [1.54, 1.807) is 10.7 Å². The maximum absolute atomic E-state index is 10.1. The van der Waals surface area contributed by atoms with Gasteiger partial charge in [0, 0.05) is 17.6 Å². The predicted octanol–water partition coefficient (Wildman–Crippen LogP) is 3.56. The van der Waals surface area contributed by atoms with E-state index in [9.17, 15) is 5.11 Å². The van der Waals surface area contributed by atoms with Crippen LogP contribution in [0.2, 0.25) is 0 Å². The summed E-state index contributed by atoms with van der Waals surface area (Å²) in [5, 5.41) is 15.4. The molecule has 0 unspecified atom stereocenters. The van der Waals surface area contributed by atoms with E-state index < -0.39 is 0 Å². The number of hydrogen-bond donors (Lipinski definition) is 1. The zero-order valence-corrected chi connectivity index (χ0v) is 11.8. The second kappa shape index (κ2) is 4.63. The van der Waals surface area contributed by atoms with Crippen molar-refractivity contribution in [1.29, 1.82) is 0 Å². The van der Waals surface area contributed by atoms with Crippen LogP contribution in [-0.4, -0.2) is 19.9 Å². The molecular formula is C16H17N3O. The third kappa shape index (κ3) is 2.13. The number of rotatable bonds is 2. The molecule has 0 spiro atoms. The Morgan fingerprint density at radius 2 is 1.95 bits per heavy atom. The molecule has 0 saturated carbocycles. The molecule has 102 valence electrons. The van der Waals surface area contributed by atoms with Gasteiger partial charge in [0.25, 0.3) is 0 Å². The Kier molecular flexibility index (Phi) is 2.93. The third-order valence-electron chi connectivity index (χ3n) is 3.37. The summed E-state index contributed by atoms with van der Waals surface area (Å²) in [4.78, 5) is 4.58. The van der Waals surface area contributed by atoms with Crippen molar-refractivity contribution in [2.24, 2.45) is 0 Å². The van der Waals surface area contributed by atoms with Crippen LogP contribution in [0.4, 0.5) is 0 Å². The molecule has 1 aromatic carbocycles. The fraction of sp³-hybridized carbons (Fsp3) is 0.250. The number of aromatic hydroxyl groups is 1. The van der Waals surface area contributed by atoms with E-state index in [1.807, 2.05) is 37.4 Å². The molecule has 0 fully saturated rings. The lowest BCUT2D eigenvalue weighted by molar-refractivity contribution is 0.480. The van der Waals surface area contributed by atoms with E-state index in [0.717, 1.165) is 22.2 Å². The number of benzene rings is 1. The molecule has 2 aromatic heterocycles. The van der Waals surface area contributed by atoms with Gasteiger partial charge in [-0.2, -0.15) is 5.10 Å². The van der Waals surface area contributed by atoms with Gasteiger partial charge in [0.05, 0.1) is 11.2 Å². The van der Waals surface area contributed by atoms with Crippen molar-refractivity contribution in [3.8, 4) is 11.6 Å². The largest absolute Gasteiger partial charge is 0.507 e. The summed E-state index contributed by atoms with van der Waals surface area (Å²) in [6.45, 7) is 6.21. The lowest BCUT2D eigenvalue weighted by Crippen LogP contribution is -2.00. The first-order valence-electron chi connectivity index (χ1n) is 6.71. The molecule has 0 aliphatic rings. The quantitative estimate of drug-likeness (QED) is 0.772. The Balaban J connectivity index is 2.15. The monoisotopic (exact) mass is 267 g/mol. The van der Waals surface area contributed by atoms with E-state index in [2.05, 4.69) is 23.9 Å². The molecule has 2 heterocycles. The van der Waals surface area contributed by atoms with Crippen molar-refractivity contribution in [2.45, 2.75) is 26.7 Å². The van der Waals surface area contributed by atoms with E-state index in [1.165, 1.54) is 0 Å². The average Bonchev–Trinajstić information content (AvgIpc) is 2.87. The molecule has 0 atom stereocenters. The van der Waals surface area contributed by atoms with Crippen molar-refractivity contribution in [2.75, 3.05) is 0 Å². The number of fused-ring (bicyclic) bond motifs is 1. The molecule has 4 heteroatoms. The van der Waals surface area contributed by atoms with Crippen LogP contribution in [0.3, 0.4) is 0 Å². The van der Waals surface area contributed by atoms with Crippen LogP contribution in [0.5, 0.6) is 5.75 Å². The van der Waals surface area contributed by atoms with Crippen LogP contribution < -0.4 is 0 Å². The van der Waals surface area contributed by atoms with Gasteiger partial charge in [0.15, 0.2) is 5.82 Å². The minimum Gasteiger partial charge on any atom is -0.507 e. The standard InChI is InChI=1S/C16H17N3O/c1-10(2)13-6-7-19(18-13)16-9-15(20)12-5-4-11(3)8-14(12)17-16/h4-10H,1-3H3,(H,17,20). The first-order valence-corrected chi connectivity index (χ1v) is 6.71. The molecule has 0 amide bonds. The molecule has 1 N–H and O–H groups in total. The van der Waals surface area contributed by atoms with Crippen LogP contribution in [0.1, 0.15) is 31.0 Å². The number of nitrogens with zero attached hydrogens (tertiary/aromatic N) is 3. The maximum atomic E-state index is 10.1. The summed E-state index contributed by atoms with van der Waals surface area (Å²) in [6, 6.07) is 9.44. The van der Waals surface area contributed by atoms with E-state index >= 15 is 0 Å². The minimum absolute atomic E-state index is 0.228. The number of pyridine rings is 1. The second-order valence-electron chi connectivity index (χ2n) is 5.36. The Bertz CT molecular complexity index is 774. The molecule has 0 bridgehead atoms. The van der Waals surface area contributed by atoms with Crippen LogP contribution in [0.15, 0.2) is 36.5 Å². The minimum atomic E-state index is 0.228. The van der Waals surface area contributed by atoms with Gasteiger partial charge in [0.1, 0.15) is 5.75 Å². The maximum Gasteiger partial charge on any atom is 0.157 e. The van der Waals surface area contributed by atoms with E-state index in [-0.39, 0.29) is 5.75 Å². The highest BCUT2D eigenvalue weighted by Crippen LogP contribution is 2.26. The van der Waals surface area contributed by atoms with Gasteiger partial charge in [0.2, 0.25) is 0 Å². The normalized spacial score (nSPS) is 11.4. The zero-order chi connectivity index (χ0) is 14.3. The van der Waals surface area contributed by atoms with Gasteiger partial charge < -0.3 is 5.11 Å². The number of aromatic nitrogens is 3. The Morgan fingerprint density at radius 3 is 2.65 bits per heavy atom. The van der Waals surface area contributed by atoms with Gasteiger partial charge in [-0.05, 0) is 36.6 Å². The highest BCUT2D eigenvalue weighted by molar-refractivity contribution is 5.86. The van der Waals surface area contributed by atoms with Crippen molar-refractivity contribution < 1.29 is 5.11 Å². The molecule has 20 heavy (non-hydrogen) atoms. The predicted molar refractivity (Wildman–Crippen MR) is 79.4 cm³/mol. The average molecular weight is 267 g/mol. The van der Waals surface area contributed by atoms with Crippen LogP contribution in [-0.2, 0) is 0 Å². The Hall–Kier alpha value is -2.36. The van der Waals surface area contributed by atoms with E-state index in [4.69, 9.17) is 0 Å².